The molecule has 1 saturated carbocycles. The van der Waals surface area contributed by atoms with Crippen LogP contribution in [-0.2, 0) is 6.61 Å². The van der Waals surface area contributed by atoms with Gasteiger partial charge in [0.15, 0.2) is 0 Å². The average molecular weight is 557 g/mol. The summed E-state index contributed by atoms with van der Waals surface area (Å²) in [6.07, 6.45) is 6.05. The lowest BCUT2D eigenvalue weighted by Crippen LogP contribution is -2.27. The number of hydrogen-bond donors (Lipinski definition) is 1. The van der Waals surface area contributed by atoms with E-state index < -0.39 is 0 Å². The number of urea groups is 1. The largest absolute Gasteiger partial charge is 0.489 e. The van der Waals surface area contributed by atoms with E-state index in [1.807, 2.05) is 66.7 Å². The Kier molecular flexibility index (Phi) is 8.71. The maximum Gasteiger partial charge on any atom is 0.321 e. The highest BCUT2D eigenvalue weighted by atomic mass is 35.5. The molecule has 1 fully saturated rings. The summed E-state index contributed by atoms with van der Waals surface area (Å²) in [5.74, 6) is 0.624. The van der Waals surface area contributed by atoms with Crippen LogP contribution >= 0.6 is 11.6 Å². The number of hydrogen-bond acceptors (Lipinski definition) is 2. The Labute approximate surface area is 240 Å². The molecule has 5 rings (SSSR count). The van der Waals surface area contributed by atoms with Crippen LogP contribution in [0.3, 0.4) is 0 Å². The van der Waals surface area contributed by atoms with Gasteiger partial charge in [0, 0.05) is 36.4 Å². The molecular weight excluding hydrogens is 523 g/mol. The summed E-state index contributed by atoms with van der Waals surface area (Å²) < 4.78 is 21.6. The first kappa shape index (κ1) is 27.7. The molecule has 0 spiro atoms. The van der Waals surface area contributed by atoms with E-state index in [4.69, 9.17) is 16.3 Å². The molecule has 4 aromatic carbocycles. The van der Waals surface area contributed by atoms with Crippen LogP contribution in [0.2, 0.25) is 5.02 Å². The normalized spacial score (nSPS) is 13.6. The van der Waals surface area contributed by atoms with E-state index in [9.17, 15) is 4.79 Å². The molecule has 0 radical (unpaired) electrons. The van der Waals surface area contributed by atoms with Crippen LogP contribution in [0, 0.1) is 5.82 Å². The minimum Gasteiger partial charge on any atom is -0.489 e. The number of carbonyl (C=O) groups is 1. The Hall–Kier alpha value is -3.83. The van der Waals surface area contributed by atoms with E-state index in [-0.39, 0.29) is 18.5 Å². The van der Waals surface area contributed by atoms with Crippen LogP contribution in [0.5, 0.6) is 5.75 Å². The lowest BCUT2D eigenvalue weighted by molar-refractivity contribution is 0.230. The fourth-order valence-electron chi connectivity index (χ4n) is 5.41. The number of carbonyl (C=O) groups excluding carboxylic acids is 1. The first-order chi connectivity index (χ1) is 19.4. The molecule has 0 aromatic heterocycles. The third-order valence-electron chi connectivity index (χ3n) is 7.55. The predicted octanol–water partition coefficient (Wildman–Crippen LogP) is 9.53. The summed E-state index contributed by atoms with van der Waals surface area (Å²) >= 11 is 6.11. The minimum absolute atomic E-state index is 0.196. The molecule has 0 atom stereocenters. The van der Waals surface area contributed by atoms with Gasteiger partial charge in [0.2, 0.25) is 0 Å². The Balaban J connectivity index is 1.40. The van der Waals surface area contributed by atoms with Crippen molar-refractivity contribution in [1.82, 2.24) is 4.90 Å². The van der Waals surface area contributed by atoms with Crippen molar-refractivity contribution in [2.45, 2.75) is 44.6 Å². The zero-order chi connectivity index (χ0) is 28.1. The minimum atomic E-state index is -0.300. The van der Waals surface area contributed by atoms with Gasteiger partial charge < -0.3 is 15.0 Å². The van der Waals surface area contributed by atoms with Gasteiger partial charge >= 0.3 is 6.03 Å². The summed E-state index contributed by atoms with van der Waals surface area (Å²) in [6.45, 7) is 0.196. The van der Waals surface area contributed by atoms with E-state index in [0.717, 1.165) is 35.1 Å². The zero-order valence-electron chi connectivity index (χ0n) is 22.9. The van der Waals surface area contributed by atoms with E-state index >= 15 is 4.39 Å². The molecule has 0 saturated heterocycles. The van der Waals surface area contributed by atoms with Gasteiger partial charge in [-0.1, -0.05) is 73.3 Å². The molecule has 1 N–H and O–H groups in total. The summed E-state index contributed by atoms with van der Waals surface area (Å²) in [5, 5.41) is 3.54. The van der Waals surface area contributed by atoms with Gasteiger partial charge in [-0.05, 0) is 83.0 Å². The van der Waals surface area contributed by atoms with Crippen molar-refractivity contribution < 1.29 is 13.9 Å². The SMILES string of the molecule is CN(C)C(=O)Nc1ccc(-c2ccc(Cl)cc2)c(COc2ccc(-c3ccccc3C3CCCCC3)c(F)c2)c1. The molecule has 0 unspecified atom stereocenters. The fourth-order valence-corrected chi connectivity index (χ4v) is 5.54. The van der Waals surface area contributed by atoms with Crippen molar-refractivity contribution in [2.24, 2.45) is 0 Å². The molecule has 6 heteroatoms. The van der Waals surface area contributed by atoms with E-state index in [2.05, 4.69) is 17.4 Å². The summed E-state index contributed by atoms with van der Waals surface area (Å²) in [5.41, 5.74) is 6.21. The molecule has 4 nitrogen and oxygen atoms in total. The Morgan fingerprint density at radius 1 is 0.900 bits per heavy atom. The predicted molar refractivity (Wildman–Crippen MR) is 162 cm³/mol. The highest BCUT2D eigenvalue weighted by molar-refractivity contribution is 6.30. The van der Waals surface area contributed by atoms with Crippen molar-refractivity contribution in [1.29, 1.82) is 0 Å². The molecule has 0 heterocycles. The van der Waals surface area contributed by atoms with Gasteiger partial charge in [0.05, 0.1) is 0 Å². The molecule has 1 aliphatic rings. The molecule has 0 aliphatic heterocycles. The standard InChI is InChI=1S/C34H34ClFN2O2/c1-38(2)34(39)37-27-16-18-29(24-12-14-26(35)15-13-24)25(20-27)22-40-28-17-19-32(33(36)21-28)31-11-7-6-10-30(31)23-8-4-3-5-9-23/h6-7,10-21,23H,3-5,8-9,22H2,1-2H3,(H,37,39). The van der Waals surface area contributed by atoms with Gasteiger partial charge in [-0.15, -0.1) is 0 Å². The summed E-state index contributed by atoms with van der Waals surface area (Å²) in [6, 6.07) is 26.3. The maximum atomic E-state index is 15.5. The van der Waals surface area contributed by atoms with Crippen molar-refractivity contribution in [3.05, 3.63) is 107 Å². The number of nitrogens with one attached hydrogen (secondary N) is 1. The summed E-state index contributed by atoms with van der Waals surface area (Å²) in [7, 11) is 3.38. The first-order valence-electron chi connectivity index (χ1n) is 13.8. The molecular formula is C34H34ClFN2O2. The molecule has 4 aromatic rings. The Morgan fingerprint density at radius 3 is 2.35 bits per heavy atom. The van der Waals surface area contributed by atoms with Crippen LogP contribution in [0.4, 0.5) is 14.9 Å². The third kappa shape index (κ3) is 6.48. The van der Waals surface area contributed by atoms with Crippen LogP contribution in [0.15, 0.2) is 84.9 Å². The first-order valence-corrected chi connectivity index (χ1v) is 14.2. The van der Waals surface area contributed by atoms with Crippen LogP contribution in [0.25, 0.3) is 22.3 Å². The smallest absolute Gasteiger partial charge is 0.321 e. The Bertz CT molecular complexity index is 1480. The van der Waals surface area contributed by atoms with Gasteiger partial charge in [0.25, 0.3) is 0 Å². The number of nitrogens with zero attached hydrogens (tertiary/aromatic N) is 1. The number of amides is 2. The monoisotopic (exact) mass is 556 g/mol. The van der Waals surface area contributed by atoms with Gasteiger partial charge in [-0.25, -0.2) is 9.18 Å². The van der Waals surface area contributed by atoms with Crippen LogP contribution in [-0.4, -0.2) is 25.0 Å². The second-order valence-corrected chi connectivity index (χ2v) is 11.0. The fraction of sp³-hybridized carbons (Fsp3) is 0.265. The number of halogens is 2. The Morgan fingerprint density at radius 2 is 1.62 bits per heavy atom. The molecule has 40 heavy (non-hydrogen) atoms. The van der Waals surface area contributed by atoms with E-state index in [0.29, 0.717) is 27.9 Å². The van der Waals surface area contributed by atoms with E-state index in [1.165, 1.54) is 35.8 Å². The van der Waals surface area contributed by atoms with Crippen molar-refractivity contribution >= 4 is 23.3 Å². The average Bonchev–Trinajstić information content (AvgIpc) is 2.97. The van der Waals surface area contributed by atoms with Crippen molar-refractivity contribution in [3.8, 4) is 28.0 Å². The molecule has 206 valence electrons. The number of rotatable bonds is 7. The number of benzene rings is 4. The lowest BCUT2D eigenvalue weighted by Gasteiger charge is -2.24. The number of anilines is 1. The molecule has 2 amide bonds. The van der Waals surface area contributed by atoms with Gasteiger partial charge in [0.1, 0.15) is 18.2 Å². The van der Waals surface area contributed by atoms with Crippen LogP contribution in [0.1, 0.15) is 49.1 Å². The van der Waals surface area contributed by atoms with Crippen molar-refractivity contribution in [3.63, 3.8) is 0 Å². The quantitative estimate of drug-likeness (QED) is 0.246. The summed E-state index contributed by atoms with van der Waals surface area (Å²) in [4.78, 5) is 13.7. The van der Waals surface area contributed by atoms with Crippen LogP contribution < -0.4 is 10.1 Å². The highest BCUT2D eigenvalue weighted by Crippen LogP contribution is 2.39. The van der Waals surface area contributed by atoms with Gasteiger partial charge in [-0.2, -0.15) is 0 Å². The van der Waals surface area contributed by atoms with E-state index in [1.54, 1.807) is 14.1 Å². The van der Waals surface area contributed by atoms with Crippen molar-refractivity contribution in [2.75, 3.05) is 19.4 Å². The third-order valence-corrected chi connectivity index (χ3v) is 7.80. The second kappa shape index (κ2) is 12.6. The van der Waals surface area contributed by atoms with Gasteiger partial charge in [-0.3, -0.25) is 0 Å². The zero-order valence-corrected chi connectivity index (χ0v) is 23.7. The maximum absolute atomic E-state index is 15.5. The second-order valence-electron chi connectivity index (χ2n) is 10.6. The number of ether oxygens (including phenoxy) is 1. The molecule has 1 aliphatic carbocycles. The highest BCUT2D eigenvalue weighted by Gasteiger charge is 2.20. The topological polar surface area (TPSA) is 41.6 Å². The lowest BCUT2D eigenvalue weighted by atomic mass is 9.81. The molecule has 0 bridgehead atoms.